The molecule has 1 amide bonds. The Morgan fingerprint density at radius 1 is 1.53 bits per heavy atom. The van der Waals surface area contributed by atoms with Gasteiger partial charge in [0.25, 0.3) is 0 Å². The summed E-state index contributed by atoms with van der Waals surface area (Å²) in [5, 5.41) is 3.32. The first-order chi connectivity index (χ1) is 9.07. The Morgan fingerprint density at radius 3 is 2.89 bits per heavy atom. The van der Waals surface area contributed by atoms with Crippen LogP contribution >= 0.6 is 15.9 Å². The second-order valence-corrected chi connectivity index (χ2v) is 5.86. The van der Waals surface area contributed by atoms with Crippen molar-refractivity contribution in [2.75, 3.05) is 12.4 Å². The van der Waals surface area contributed by atoms with Crippen LogP contribution in [0.25, 0.3) is 0 Å². The van der Waals surface area contributed by atoms with Gasteiger partial charge in [-0.1, -0.05) is 12.1 Å². The van der Waals surface area contributed by atoms with Crippen LogP contribution in [-0.4, -0.2) is 24.7 Å². The number of benzene rings is 1. The lowest BCUT2D eigenvalue weighted by atomic mass is 9.79. The fraction of sp³-hybridized carbons (Fsp3) is 0.500. The van der Waals surface area contributed by atoms with Crippen LogP contribution in [0.1, 0.15) is 25.7 Å². The molecule has 2 atom stereocenters. The zero-order valence-corrected chi connectivity index (χ0v) is 12.6. The van der Waals surface area contributed by atoms with Crippen molar-refractivity contribution in [3.05, 3.63) is 28.7 Å². The van der Waals surface area contributed by atoms with Gasteiger partial charge in [0.2, 0.25) is 5.91 Å². The number of anilines is 1. The van der Waals surface area contributed by atoms with Crippen LogP contribution in [0.4, 0.5) is 5.69 Å². The van der Waals surface area contributed by atoms with Crippen molar-refractivity contribution in [2.45, 2.75) is 37.3 Å². The van der Waals surface area contributed by atoms with E-state index < -0.39 is 5.54 Å². The van der Waals surface area contributed by atoms with Crippen molar-refractivity contribution in [1.29, 1.82) is 0 Å². The number of rotatable bonds is 4. The molecule has 19 heavy (non-hydrogen) atoms. The first-order valence-electron chi connectivity index (χ1n) is 6.43. The van der Waals surface area contributed by atoms with Crippen LogP contribution in [-0.2, 0) is 9.53 Å². The molecule has 1 aliphatic rings. The average molecular weight is 327 g/mol. The molecule has 5 heteroatoms. The van der Waals surface area contributed by atoms with Crippen molar-refractivity contribution in [3.8, 4) is 0 Å². The van der Waals surface area contributed by atoms with Crippen molar-refractivity contribution in [3.63, 3.8) is 0 Å². The Balaban J connectivity index is 2.25. The summed E-state index contributed by atoms with van der Waals surface area (Å²) in [4.78, 5) is 11.9. The fourth-order valence-electron chi connectivity index (χ4n) is 2.64. The molecule has 0 spiro atoms. The summed E-state index contributed by atoms with van der Waals surface area (Å²) in [5.74, 6) is -0.315. The van der Waals surface area contributed by atoms with Crippen LogP contribution in [0.3, 0.4) is 0 Å². The molecule has 0 bridgehead atoms. The molecule has 0 radical (unpaired) electrons. The number of methoxy groups -OCH3 is 1. The maximum Gasteiger partial charge on any atom is 0.243 e. The molecule has 4 nitrogen and oxygen atoms in total. The molecule has 1 aromatic carbocycles. The molecule has 2 rings (SSSR count). The minimum Gasteiger partial charge on any atom is -0.381 e. The highest BCUT2D eigenvalue weighted by Gasteiger charge is 2.41. The third kappa shape index (κ3) is 3.09. The van der Waals surface area contributed by atoms with E-state index in [-0.39, 0.29) is 12.0 Å². The molecular weight excluding hydrogens is 308 g/mol. The molecule has 2 unspecified atom stereocenters. The Morgan fingerprint density at radius 2 is 2.26 bits per heavy atom. The van der Waals surface area contributed by atoms with Gasteiger partial charge in [0.05, 0.1) is 6.10 Å². The van der Waals surface area contributed by atoms with Gasteiger partial charge in [-0.15, -0.1) is 0 Å². The van der Waals surface area contributed by atoms with Crippen LogP contribution in [0, 0.1) is 0 Å². The highest BCUT2D eigenvalue weighted by Crippen LogP contribution is 2.35. The Kier molecular flexibility index (Phi) is 4.47. The minimum atomic E-state index is -0.719. The van der Waals surface area contributed by atoms with Crippen LogP contribution in [0.2, 0.25) is 0 Å². The van der Waals surface area contributed by atoms with E-state index in [0.29, 0.717) is 6.42 Å². The molecule has 0 saturated heterocycles. The van der Waals surface area contributed by atoms with E-state index in [1.54, 1.807) is 7.11 Å². The van der Waals surface area contributed by atoms with Gasteiger partial charge >= 0.3 is 0 Å². The highest BCUT2D eigenvalue weighted by molar-refractivity contribution is 9.10. The number of hydrogen-bond donors (Lipinski definition) is 2. The lowest BCUT2D eigenvalue weighted by molar-refractivity contribution is -0.125. The van der Waals surface area contributed by atoms with Gasteiger partial charge in [0.1, 0.15) is 5.54 Å². The maximum atomic E-state index is 11.9. The maximum absolute atomic E-state index is 11.9. The number of carbonyl (C=O) groups is 1. The summed E-state index contributed by atoms with van der Waals surface area (Å²) < 4.78 is 6.33. The molecule has 1 aromatic rings. The number of halogens is 1. The topological polar surface area (TPSA) is 64.3 Å². The number of nitrogens with two attached hydrogens (primary N) is 1. The van der Waals surface area contributed by atoms with E-state index in [1.807, 2.05) is 24.3 Å². The van der Waals surface area contributed by atoms with E-state index in [9.17, 15) is 4.79 Å². The summed E-state index contributed by atoms with van der Waals surface area (Å²) >= 11 is 3.48. The van der Waals surface area contributed by atoms with Crippen LogP contribution in [0.5, 0.6) is 0 Å². The highest BCUT2D eigenvalue weighted by atomic mass is 79.9. The van der Waals surface area contributed by atoms with E-state index >= 15 is 0 Å². The standard InChI is InChI=1S/C14H19BrN2O2/c1-19-10-5-4-8-14(9-10,13(16)18)17-12-7-3-2-6-11(12)15/h2-3,6-7,10,17H,4-5,8-9H2,1H3,(H2,16,18). The van der Waals surface area contributed by atoms with E-state index in [0.717, 1.165) is 29.4 Å². The third-order valence-corrected chi connectivity index (χ3v) is 4.45. The Hall–Kier alpha value is -1.07. The van der Waals surface area contributed by atoms with Crippen molar-refractivity contribution >= 4 is 27.5 Å². The monoisotopic (exact) mass is 326 g/mol. The number of para-hydroxylation sites is 1. The molecule has 0 aliphatic heterocycles. The number of carbonyl (C=O) groups excluding carboxylic acids is 1. The predicted molar refractivity (Wildman–Crippen MR) is 79.0 cm³/mol. The summed E-state index contributed by atoms with van der Waals surface area (Å²) in [6, 6.07) is 7.74. The second kappa shape index (κ2) is 5.92. The zero-order chi connectivity index (χ0) is 13.9. The molecule has 0 heterocycles. The van der Waals surface area contributed by atoms with E-state index in [4.69, 9.17) is 10.5 Å². The number of primary amides is 1. The van der Waals surface area contributed by atoms with E-state index in [1.165, 1.54) is 0 Å². The SMILES string of the molecule is COC1CCCC(Nc2ccccc2Br)(C(N)=O)C1. The van der Waals surface area contributed by atoms with Gasteiger partial charge in [-0.3, -0.25) is 4.79 Å². The van der Waals surface area contributed by atoms with E-state index in [2.05, 4.69) is 21.2 Å². The molecule has 0 aromatic heterocycles. The quantitative estimate of drug-likeness (QED) is 0.894. The Bertz CT molecular complexity index is 467. The van der Waals surface area contributed by atoms with Gasteiger partial charge in [0.15, 0.2) is 0 Å². The molecule has 1 aliphatic carbocycles. The number of amides is 1. The van der Waals surface area contributed by atoms with Gasteiger partial charge in [0, 0.05) is 23.7 Å². The number of nitrogens with one attached hydrogen (secondary N) is 1. The third-order valence-electron chi connectivity index (χ3n) is 3.76. The first kappa shape index (κ1) is 14.3. The molecule has 104 valence electrons. The van der Waals surface area contributed by atoms with Crippen molar-refractivity contribution in [2.24, 2.45) is 5.73 Å². The molecule has 1 saturated carbocycles. The van der Waals surface area contributed by atoms with Crippen LogP contribution < -0.4 is 11.1 Å². The largest absolute Gasteiger partial charge is 0.381 e. The smallest absolute Gasteiger partial charge is 0.243 e. The summed E-state index contributed by atoms with van der Waals surface area (Å²) in [6.07, 6.45) is 3.34. The lowest BCUT2D eigenvalue weighted by Gasteiger charge is -2.39. The summed E-state index contributed by atoms with van der Waals surface area (Å²) in [6.45, 7) is 0. The van der Waals surface area contributed by atoms with Gasteiger partial charge < -0.3 is 15.8 Å². The minimum absolute atomic E-state index is 0.0798. The molecule has 1 fully saturated rings. The van der Waals surface area contributed by atoms with Crippen LogP contribution in [0.15, 0.2) is 28.7 Å². The summed E-state index contributed by atoms with van der Waals surface area (Å²) in [5.41, 5.74) is 5.81. The Labute approximate surface area is 121 Å². The number of ether oxygens (including phenoxy) is 1. The second-order valence-electron chi connectivity index (χ2n) is 5.01. The zero-order valence-electron chi connectivity index (χ0n) is 11.0. The van der Waals surface area contributed by atoms with Gasteiger partial charge in [-0.25, -0.2) is 0 Å². The average Bonchev–Trinajstić information content (AvgIpc) is 2.41. The van der Waals surface area contributed by atoms with Gasteiger partial charge in [-0.05, 0) is 47.3 Å². The summed E-state index contributed by atoms with van der Waals surface area (Å²) in [7, 11) is 1.68. The predicted octanol–water partition coefficient (Wildman–Crippen LogP) is 2.67. The number of hydrogen-bond acceptors (Lipinski definition) is 3. The molecule has 3 N–H and O–H groups in total. The molecular formula is C14H19BrN2O2. The first-order valence-corrected chi connectivity index (χ1v) is 7.22. The lowest BCUT2D eigenvalue weighted by Crippen LogP contribution is -2.54. The van der Waals surface area contributed by atoms with Crippen molar-refractivity contribution < 1.29 is 9.53 Å². The van der Waals surface area contributed by atoms with Crippen molar-refractivity contribution in [1.82, 2.24) is 0 Å². The van der Waals surface area contributed by atoms with Gasteiger partial charge in [-0.2, -0.15) is 0 Å². The fourth-order valence-corrected chi connectivity index (χ4v) is 3.03. The normalized spacial score (nSPS) is 26.9.